The molecule has 1 saturated carbocycles. The number of carboxylic acids is 1. The summed E-state index contributed by atoms with van der Waals surface area (Å²) < 4.78 is 30.6. The van der Waals surface area contributed by atoms with Crippen LogP contribution < -0.4 is 14.8 Å². The maximum Gasteiger partial charge on any atom is 0.335 e. The van der Waals surface area contributed by atoms with Crippen LogP contribution in [0.15, 0.2) is 47.4 Å². The van der Waals surface area contributed by atoms with E-state index in [1.807, 2.05) is 11.0 Å². The van der Waals surface area contributed by atoms with Crippen molar-refractivity contribution in [2.24, 2.45) is 11.1 Å². The summed E-state index contributed by atoms with van der Waals surface area (Å²) in [5, 5.41) is 15.0. The lowest BCUT2D eigenvalue weighted by atomic mass is 10.1. The second kappa shape index (κ2) is 8.84. The van der Waals surface area contributed by atoms with Crippen molar-refractivity contribution < 1.29 is 23.1 Å². The van der Waals surface area contributed by atoms with E-state index >= 15 is 0 Å². The monoisotopic (exact) mass is 418 g/mol. The molecule has 0 bridgehead atoms. The van der Waals surface area contributed by atoms with Crippen LogP contribution >= 0.6 is 0 Å². The second-order valence-electron chi connectivity index (χ2n) is 7.33. The SMILES string of the molecule is CCCCN(CC1CC1)c1cc(C(=O)O)cc(S(N)(=O)=O)c1Oc1ccccc1. The molecule has 8 heteroatoms. The molecule has 156 valence electrons. The van der Waals surface area contributed by atoms with Crippen LogP contribution in [0.5, 0.6) is 11.5 Å². The Morgan fingerprint density at radius 3 is 2.48 bits per heavy atom. The van der Waals surface area contributed by atoms with E-state index in [4.69, 9.17) is 9.88 Å². The Balaban J connectivity index is 2.18. The molecule has 3 N–H and O–H groups in total. The molecule has 2 aromatic carbocycles. The van der Waals surface area contributed by atoms with Gasteiger partial charge in [-0.25, -0.2) is 18.4 Å². The number of ether oxygens (including phenoxy) is 1. The number of sulfonamides is 1. The van der Waals surface area contributed by atoms with E-state index in [2.05, 4.69) is 6.92 Å². The van der Waals surface area contributed by atoms with Gasteiger partial charge in [0, 0.05) is 13.1 Å². The first-order valence-electron chi connectivity index (χ1n) is 9.71. The molecule has 0 spiro atoms. The molecule has 0 amide bonds. The van der Waals surface area contributed by atoms with Crippen LogP contribution in [-0.4, -0.2) is 32.6 Å². The first kappa shape index (κ1) is 21.1. The molecule has 1 fully saturated rings. The summed E-state index contributed by atoms with van der Waals surface area (Å²) in [6.45, 7) is 3.46. The van der Waals surface area contributed by atoms with Gasteiger partial charge in [-0.15, -0.1) is 0 Å². The van der Waals surface area contributed by atoms with Gasteiger partial charge in [-0.1, -0.05) is 31.5 Å². The van der Waals surface area contributed by atoms with Gasteiger partial charge >= 0.3 is 5.97 Å². The summed E-state index contributed by atoms with van der Waals surface area (Å²) in [7, 11) is -4.21. The highest BCUT2D eigenvalue weighted by atomic mass is 32.2. The third-order valence-electron chi connectivity index (χ3n) is 4.85. The number of aromatic carboxylic acids is 1. The number of hydrogen-bond acceptors (Lipinski definition) is 5. The summed E-state index contributed by atoms with van der Waals surface area (Å²) in [6.07, 6.45) is 4.06. The number of anilines is 1. The Morgan fingerprint density at radius 1 is 1.24 bits per heavy atom. The van der Waals surface area contributed by atoms with E-state index in [-0.39, 0.29) is 16.2 Å². The zero-order valence-electron chi connectivity index (χ0n) is 16.4. The first-order valence-corrected chi connectivity index (χ1v) is 11.3. The fraction of sp³-hybridized carbons (Fsp3) is 0.381. The first-order chi connectivity index (χ1) is 13.8. The number of rotatable bonds is 10. The number of para-hydroxylation sites is 1. The summed E-state index contributed by atoms with van der Waals surface area (Å²) in [4.78, 5) is 13.4. The number of carbonyl (C=O) groups is 1. The van der Waals surface area contributed by atoms with Gasteiger partial charge in [0.2, 0.25) is 10.0 Å². The summed E-state index contributed by atoms with van der Waals surface area (Å²) >= 11 is 0. The number of nitrogens with two attached hydrogens (primary N) is 1. The lowest BCUT2D eigenvalue weighted by Crippen LogP contribution is -2.28. The molecule has 0 atom stereocenters. The number of hydrogen-bond donors (Lipinski definition) is 2. The predicted molar refractivity (Wildman–Crippen MR) is 111 cm³/mol. The molecule has 1 aliphatic rings. The normalized spacial score (nSPS) is 13.9. The van der Waals surface area contributed by atoms with E-state index in [1.165, 1.54) is 6.07 Å². The van der Waals surface area contributed by atoms with Crippen molar-refractivity contribution in [2.45, 2.75) is 37.5 Å². The van der Waals surface area contributed by atoms with Gasteiger partial charge in [-0.3, -0.25) is 0 Å². The maximum absolute atomic E-state index is 12.3. The minimum absolute atomic E-state index is 0.0699. The highest BCUT2D eigenvalue weighted by Crippen LogP contribution is 2.41. The van der Waals surface area contributed by atoms with Crippen LogP contribution in [0.4, 0.5) is 5.69 Å². The van der Waals surface area contributed by atoms with E-state index in [9.17, 15) is 18.3 Å². The summed E-state index contributed by atoms with van der Waals surface area (Å²) in [5.74, 6) is -0.184. The van der Waals surface area contributed by atoms with Gasteiger partial charge in [0.15, 0.2) is 5.75 Å². The molecule has 0 aliphatic heterocycles. The Kier molecular flexibility index (Phi) is 6.44. The fourth-order valence-corrected chi connectivity index (χ4v) is 3.83. The van der Waals surface area contributed by atoms with Crippen LogP contribution in [0.25, 0.3) is 0 Å². The van der Waals surface area contributed by atoms with Crippen molar-refractivity contribution in [3.8, 4) is 11.5 Å². The molecule has 2 aromatic rings. The highest BCUT2D eigenvalue weighted by molar-refractivity contribution is 7.89. The molecule has 29 heavy (non-hydrogen) atoms. The Bertz CT molecular complexity index is 972. The molecule has 1 aliphatic carbocycles. The number of primary sulfonamides is 1. The molecule has 0 heterocycles. The quantitative estimate of drug-likeness (QED) is 0.607. The van der Waals surface area contributed by atoms with Crippen LogP contribution in [0.3, 0.4) is 0 Å². The zero-order valence-corrected chi connectivity index (χ0v) is 17.2. The Morgan fingerprint density at radius 2 is 1.93 bits per heavy atom. The molecule has 3 rings (SSSR count). The van der Waals surface area contributed by atoms with Gasteiger partial charge < -0.3 is 14.7 Å². The van der Waals surface area contributed by atoms with Crippen molar-refractivity contribution in [3.63, 3.8) is 0 Å². The van der Waals surface area contributed by atoms with Crippen LogP contribution in [0.2, 0.25) is 0 Å². The van der Waals surface area contributed by atoms with Gasteiger partial charge in [-0.05, 0) is 49.4 Å². The molecular formula is C21H26N2O5S. The molecule has 7 nitrogen and oxygen atoms in total. The van der Waals surface area contributed by atoms with Crippen molar-refractivity contribution in [1.29, 1.82) is 0 Å². The number of nitrogens with zero attached hydrogens (tertiary/aromatic N) is 1. The largest absolute Gasteiger partial charge is 0.478 e. The standard InChI is InChI=1S/C21H26N2O5S/c1-2-3-11-23(14-15-9-10-15)18-12-16(21(24)25)13-19(29(22,26)27)20(18)28-17-7-5-4-6-8-17/h4-8,12-13,15H,2-3,9-11,14H2,1H3,(H,24,25)(H2,22,26,27). The minimum Gasteiger partial charge on any atom is -0.478 e. The van der Waals surface area contributed by atoms with Gasteiger partial charge in [-0.2, -0.15) is 0 Å². The number of carboxylic acid groups (broad SMARTS) is 1. The minimum atomic E-state index is -4.21. The average molecular weight is 419 g/mol. The summed E-state index contributed by atoms with van der Waals surface area (Å²) in [5.41, 5.74) is 0.305. The zero-order chi connectivity index (χ0) is 21.0. The molecule has 0 aromatic heterocycles. The van der Waals surface area contributed by atoms with Crippen LogP contribution in [0, 0.1) is 5.92 Å². The van der Waals surface area contributed by atoms with Crippen LogP contribution in [0.1, 0.15) is 43.0 Å². The van der Waals surface area contributed by atoms with Gasteiger partial charge in [0.05, 0.1) is 11.3 Å². The van der Waals surface area contributed by atoms with E-state index in [1.54, 1.807) is 24.3 Å². The van der Waals surface area contributed by atoms with Crippen molar-refractivity contribution in [1.82, 2.24) is 0 Å². The summed E-state index contributed by atoms with van der Waals surface area (Å²) in [6, 6.07) is 11.3. The van der Waals surface area contributed by atoms with Crippen molar-refractivity contribution in [3.05, 3.63) is 48.0 Å². The topological polar surface area (TPSA) is 110 Å². The Hall–Kier alpha value is -2.58. The average Bonchev–Trinajstić information content (AvgIpc) is 3.49. The van der Waals surface area contributed by atoms with Gasteiger partial charge in [0.25, 0.3) is 0 Å². The van der Waals surface area contributed by atoms with Crippen LogP contribution in [-0.2, 0) is 10.0 Å². The fourth-order valence-electron chi connectivity index (χ4n) is 3.14. The molecule has 0 radical (unpaired) electrons. The number of benzene rings is 2. The van der Waals surface area contributed by atoms with E-state index in [0.717, 1.165) is 38.3 Å². The second-order valence-corrected chi connectivity index (χ2v) is 8.86. The third kappa shape index (κ3) is 5.48. The number of unbranched alkanes of at least 4 members (excludes halogenated alkanes) is 1. The van der Waals surface area contributed by atoms with E-state index in [0.29, 0.717) is 23.9 Å². The lowest BCUT2D eigenvalue weighted by Gasteiger charge is -2.28. The third-order valence-corrected chi connectivity index (χ3v) is 5.77. The molecular weight excluding hydrogens is 392 g/mol. The smallest absolute Gasteiger partial charge is 0.335 e. The maximum atomic E-state index is 12.3. The van der Waals surface area contributed by atoms with E-state index < -0.39 is 16.0 Å². The molecule has 0 saturated heterocycles. The lowest BCUT2D eigenvalue weighted by molar-refractivity contribution is 0.0696. The van der Waals surface area contributed by atoms with Crippen molar-refractivity contribution in [2.75, 3.05) is 18.0 Å². The van der Waals surface area contributed by atoms with Crippen molar-refractivity contribution >= 4 is 21.7 Å². The van der Waals surface area contributed by atoms with Gasteiger partial charge in [0.1, 0.15) is 10.6 Å². The molecule has 0 unspecified atom stereocenters. The predicted octanol–water partition coefficient (Wildman–Crippen LogP) is 3.84. The Labute approximate surface area is 171 Å². The highest BCUT2D eigenvalue weighted by Gasteiger charge is 2.29.